The standard InChI is InChI=1S/C11H15NO4/c1-3-4-5-16-9-8(11(14)15)6-7(2)12-10(9)13/h6H,3-5H2,1-2H3,(H,12,13)(H,14,15). The first kappa shape index (κ1) is 12.3. The molecule has 0 spiro atoms. The van der Waals surface area contributed by atoms with Crippen LogP contribution in [0.3, 0.4) is 0 Å². The Morgan fingerprint density at radius 3 is 2.81 bits per heavy atom. The Kier molecular flexibility index (Phi) is 4.10. The summed E-state index contributed by atoms with van der Waals surface area (Å²) in [5.41, 5.74) is -0.0731. The third-order valence-corrected chi connectivity index (χ3v) is 2.10. The topological polar surface area (TPSA) is 79.4 Å². The number of rotatable bonds is 5. The van der Waals surface area contributed by atoms with Gasteiger partial charge < -0.3 is 14.8 Å². The molecule has 1 rings (SSSR count). The predicted octanol–water partition coefficient (Wildman–Crippen LogP) is 1.56. The number of aromatic amines is 1. The Morgan fingerprint density at radius 2 is 2.25 bits per heavy atom. The van der Waals surface area contributed by atoms with Crippen LogP contribution in [0.1, 0.15) is 35.8 Å². The number of H-pyrrole nitrogens is 1. The van der Waals surface area contributed by atoms with Crippen molar-refractivity contribution >= 4 is 5.97 Å². The minimum absolute atomic E-state index is 0.0858. The number of carboxylic acid groups (broad SMARTS) is 1. The van der Waals surface area contributed by atoms with Gasteiger partial charge in [-0.15, -0.1) is 0 Å². The summed E-state index contributed by atoms with van der Waals surface area (Å²) >= 11 is 0. The van der Waals surface area contributed by atoms with Gasteiger partial charge in [0.15, 0.2) is 5.75 Å². The largest absolute Gasteiger partial charge is 0.487 e. The van der Waals surface area contributed by atoms with Crippen molar-refractivity contribution in [3.05, 3.63) is 27.7 Å². The van der Waals surface area contributed by atoms with Gasteiger partial charge in [-0.25, -0.2) is 4.79 Å². The second-order valence-electron chi connectivity index (χ2n) is 3.53. The molecule has 0 aromatic carbocycles. The molecule has 5 heteroatoms. The Balaban J connectivity index is 3.05. The molecule has 0 aliphatic heterocycles. The van der Waals surface area contributed by atoms with Crippen molar-refractivity contribution in [1.29, 1.82) is 0 Å². The van der Waals surface area contributed by atoms with E-state index in [2.05, 4.69) is 4.98 Å². The van der Waals surface area contributed by atoms with Crippen LogP contribution in [0, 0.1) is 6.92 Å². The summed E-state index contributed by atoms with van der Waals surface area (Å²) in [6, 6.07) is 1.39. The number of pyridine rings is 1. The van der Waals surface area contributed by atoms with E-state index in [1.165, 1.54) is 6.07 Å². The molecule has 0 aliphatic rings. The van der Waals surface area contributed by atoms with Crippen molar-refractivity contribution in [1.82, 2.24) is 4.98 Å². The highest BCUT2D eigenvalue weighted by Crippen LogP contribution is 2.13. The molecule has 1 heterocycles. The van der Waals surface area contributed by atoms with E-state index >= 15 is 0 Å². The van der Waals surface area contributed by atoms with Crippen LogP contribution in [0.2, 0.25) is 0 Å². The molecule has 2 N–H and O–H groups in total. The van der Waals surface area contributed by atoms with Crippen LogP contribution < -0.4 is 10.3 Å². The summed E-state index contributed by atoms with van der Waals surface area (Å²) in [7, 11) is 0. The number of ether oxygens (including phenoxy) is 1. The fourth-order valence-electron chi connectivity index (χ4n) is 1.30. The SMILES string of the molecule is CCCCOc1c(C(=O)O)cc(C)[nH]c1=O. The van der Waals surface area contributed by atoms with Gasteiger partial charge in [-0.3, -0.25) is 4.79 Å². The van der Waals surface area contributed by atoms with Gasteiger partial charge in [0.25, 0.3) is 5.56 Å². The first-order valence-corrected chi connectivity index (χ1v) is 5.16. The second-order valence-corrected chi connectivity index (χ2v) is 3.53. The van der Waals surface area contributed by atoms with E-state index in [0.29, 0.717) is 12.3 Å². The number of hydrogen-bond acceptors (Lipinski definition) is 3. The van der Waals surface area contributed by atoms with E-state index < -0.39 is 11.5 Å². The van der Waals surface area contributed by atoms with Gasteiger partial charge in [-0.2, -0.15) is 0 Å². The van der Waals surface area contributed by atoms with Crippen LogP contribution in [-0.2, 0) is 0 Å². The molecule has 0 atom stereocenters. The molecule has 1 aromatic heterocycles. The lowest BCUT2D eigenvalue weighted by molar-refractivity contribution is 0.0691. The minimum atomic E-state index is -1.15. The molecule has 0 unspecified atom stereocenters. The maximum atomic E-state index is 11.5. The van der Waals surface area contributed by atoms with Crippen molar-refractivity contribution < 1.29 is 14.6 Å². The van der Waals surface area contributed by atoms with E-state index in [9.17, 15) is 9.59 Å². The van der Waals surface area contributed by atoms with Crippen LogP contribution in [-0.4, -0.2) is 22.7 Å². The zero-order valence-electron chi connectivity index (χ0n) is 9.37. The first-order chi connectivity index (χ1) is 7.56. The van der Waals surface area contributed by atoms with Crippen molar-refractivity contribution in [2.45, 2.75) is 26.7 Å². The Labute approximate surface area is 93.1 Å². The maximum Gasteiger partial charge on any atom is 0.339 e. The number of carboxylic acids is 1. The fraction of sp³-hybridized carbons (Fsp3) is 0.455. The maximum absolute atomic E-state index is 11.5. The number of aromatic carboxylic acids is 1. The molecular weight excluding hydrogens is 210 g/mol. The summed E-state index contributed by atoms with van der Waals surface area (Å²) in [5, 5.41) is 8.94. The van der Waals surface area contributed by atoms with Crippen LogP contribution in [0.4, 0.5) is 0 Å². The quantitative estimate of drug-likeness (QED) is 0.745. The third kappa shape index (κ3) is 2.85. The van der Waals surface area contributed by atoms with E-state index in [-0.39, 0.29) is 11.3 Å². The number of unbranched alkanes of at least 4 members (excludes halogenated alkanes) is 1. The molecule has 5 nitrogen and oxygen atoms in total. The summed E-state index contributed by atoms with van der Waals surface area (Å²) in [4.78, 5) is 25.0. The monoisotopic (exact) mass is 225 g/mol. The Bertz CT molecular complexity index is 436. The fourth-order valence-corrected chi connectivity index (χ4v) is 1.30. The molecule has 88 valence electrons. The normalized spacial score (nSPS) is 10.1. The number of nitrogens with one attached hydrogen (secondary N) is 1. The number of aryl methyl sites for hydroxylation is 1. The summed E-state index contributed by atoms with van der Waals surface area (Å²) in [6.45, 7) is 3.97. The number of carbonyl (C=O) groups is 1. The van der Waals surface area contributed by atoms with Gasteiger partial charge in [-0.05, 0) is 19.4 Å². The second kappa shape index (κ2) is 5.34. The summed E-state index contributed by atoms with van der Waals surface area (Å²) < 4.78 is 5.20. The van der Waals surface area contributed by atoms with Gasteiger partial charge in [0.05, 0.1) is 6.61 Å². The Hall–Kier alpha value is -1.78. The van der Waals surface area contributed by atoms with E-state index in [4.69, 9.17) is 9.84 Å². The van der Waals surface area contributed by atoms with Crippen LogP contribution in [0.5, 0.6) is 5.75 Å². The third-order valence-electron chi connectivity index (χ3n) is 2.10. The molecule has 1 aromatic rings. The van der Waals surface area contributed by atoms with Crippen molar-refractivity contribution in [2.24, 2.45) is 0 Å². The minimum Gasteiger partial charge on any atom is -0.487 e. The molecule has 0 saturated carbocycles. The van der Waals surface area contributed by atoms with Gasteiger partial charge >= 0.3 is 5.97 Å². The van der Waals surface area contributed by atoms with Crippen molar-refractivity contribution in [2.75, 3.05) is 6.61 Å². The molecule has 0 radical (unpaired) electrons. The average molecular weight is 225 g/mol. The van der Waals surface area contributed by atoms with E-state index in [1.807, 2.05) is 6.92 Å². The summed E-state index contributed by atoms with van der Waals surface area (Å²) in [6.07, 6.45) is 1.71. The van der Waals surface area contributed by atoms with Crippen molar-refractivity contribution in [3.63, 3.8) is 0 Å². The number of hydrogen-bond donors (Lipinski definition) is 2. The predicted molar refractivity (Wildman–Crippen MR) is 59.2 cm³/mol. The lowest BCUT2D eigenvalue weighted by Gasteiger charge is -2.08. The molecule has 0 saturated heterocycles. The van der Waals surface area contributed by atoms with Gasteiger partial charge in [0.2, 0.25) is 0 Å². The Morgan fingerprint density at radius 1 is 1.56 bits per heavy atom. The first-order valence-electron chi connectivity index (χ1n) is 5.16. The van der Waals surface area contributed by atoms with Gasteiger partial charge in [-0.1, -0.05) is 13.3 Å². The van der Waals surface area contributed by atoms with Crippen LogP contribution in [0.25, 0.3) is 0 Å². The van der Waals surface area contributed by atoms with Gasteiger partial charge in [0.1, 0.15) is 5.56 Å². The zero-order valence-corrected chi connectivity index (χ0v) is 9.37. The van der Waals surface area contributed by atoms with E-state index in [0.717, 1.165) is 12.8 Å². The lowest BCUT2D eigenvalue weighted by atomic mass is 10.2. The molecule has 16 heavy (non-hydrogen) atoms. The number of aromatic nitrogens is 1. The van der Waals surface area contributed by atoms with Crippen molar-refractivity contribution in [3.8, 4) is 5.75 Å². The highest BCUT2D eigenvalue weighted by molar-refractivity contribution is 5.90. The highest BCUT2D eigenvalue weighted by atomic mass is 16.5. The zero-order chi connectivity index (χ0) is 12.1. The van der Waals surface area contributed by atoms with Crippen LogP contribution >= 0.6 is 0 Å². The average Bonchev–Trinajstić information content (AvgIpc) is 2.20. The molecule has 0 bridgehead atoms. The van der Waals surface area contributed by atoms with E-state index in [1.54, 1.807) is 6.92 Å². The molecule has 0 aliphatic carbocycles. The smallest absolute Gasteiger partial charge is 0.339 e. The molecular formula is C11H15NO4. The summed E-state index contributed by atoms with van der Waals surface area (Å²) in [5.74, 6) is -1.26. The lowest BCUT2D eigenvalue weighted by Crippen LogP contribution is -2.17. The van der Waals surface area contributed by atoms with Crippen LogP contribution in [0.15, 0.2) is 10.9 Å². The van der Waals surface area contributed by atoms with Gasteiger partial charge in [0, 0.05) is 5.69 Å². The highest BCUT2D eigenvalue weighted by Gasteiger charge is 2.15. The molecule has 0 amide bonds. The molecule has 0 fully saturated rings.